The Bertz CT molecular complexity index is 1050. The number of halogens is 1. The molecule has 3 rings (SSSR count). The Hall–Kier alpha value is -3.12. The van der Waals surface area contributed by atoms with E-state index in [0.29, 0.717) is 17.0 Å². The van der Waals surface area contributed by atoms with Crippen molar-refractivity contribution in [3.63, 3.8) is 0 Å². The number of rotatable bonds is 6. The van der Waals surface area contributed by atoms with E-state index in [2.05, 4.69) is 15.5 Å². The van der Waals surface area contributed by atoms with Crippen molar-refractivity contribution >= 4 is 39.7 Å². The summed E-state index contributed by atoms with van der Waals surface area (Å²) in [6.45, 7) is 2.55. The van der Waals surface area contributed by atoms with Crippen LogP contribution in [-0.4, -0.2) is 22.7 Å². The van der Waals surface area contributed by atoms with Gasteiger partial charge < -0.3 is 15.5 Å². The summed E-state index contributed by atoms with van der Waals surface area (Å²) in [6.07, 6.45) is 1.80. The van der Waals surface area contributed by atoms with Crippen molar-refractivity contribution in [2.45, 2.75) is 19.8 Å². The standard InChI is InChI=1S/C21H20ClN3O3/c1-2-3-10-23-21(28)16-11-13-6-4-5-7-15(13)19(20(16)27)25-24-17-12-14(22)8-9-18(17)26/h4-9,11-12,26-27H,2-3,10H2,1H3,(H,23,28). The minimum atomic E-state index is -0.376. The number of carbonyl (C=O) groups is 1. The maximum Gasteiger partial charge on any atom is 0.255 e. The van der Waals surface area contributed by atoms with Gasteiger partial charge in [0.2, 0.25) is 0 Å². The van der Waals surface area contributed by atoms with E-state index in [1.807, 2.05) is 19.1 Å². The highest BCUT2D eigenvalue weighted by Gasteiger charge is 2.18. The summed E-state index contributed by atoms with van der Waals surface area (Å²) in [7, 11) is 0. The molecule has 0 saturated heterocycles. The molecule has 0 aliphatic rings. The molecule has 28 heavy (non-hydrogen) atoms. The van der Waals surface area contributed by atoms with Crippen molar-refractivity contribution < 1.29 is 15.0 Å². The molecule has 3 aromatic rings. The fourth-order valence-corrected chi connectivity index (χ4v) is 2.91. The molecule has 0 saturated carbocycles. The summed E-state index contributed by atoms with van der Waals surface area (Å²) in [6, 6.07) is 13.3. The van der Waals surface area contributed by atoms with Gasteiger partial charge in [0.25, 0.3) is 5.91 Å². The number of phenols is 2. The summed E-state index contributed by atoms with van der Waals surface area (Å²) >= 11 is 5.94. The maximum atomic E-state index is 12.5. The molecule has 0 radical (unpaired) electrons. The Morgan fingerprint density at radius 3 is 2.68 bits per heavy atom. The van der Waals surface area contributed by atoms with Crippen LogP contribution in [0.25, 0.3) is 10.8 Å². The van der Waals surface area contributed by atoms with Crippen LogP contribution in [0.2, 0.25) is 5.02 Å². The van der Waals surface area contributed by atoms with Crippen molar-refractivity contribution in [1.82, 2.24) is 5.32 Å². The lowest BCUT2D eigenvalue weighted by atomic mass is 10.0. The van der Waals surface area contributed by atoms with Crippen molar-refractivity contribution in [1.29, 1.82) is 0 Å². The van der Waals surface area contributed by atoms with Crippen LogP contribution in [0.1, 0.15) is 30.1 Å². The van der Waals surface area contributed by atoms with Crippen molar-refractivity contribution in [3.8, 4) is 11.5 Å². The van der Waals surface area contributed by atoms with Gasteiger partial charge in [0.15, 0.2) is 5.75 Å². The normalized spacial score (nSPS) is 11.2. The van der Waals surface area contributed by atoms with Crippen LogP contribution in [0.15, 0.2) is 58.8 Å². The van der Waals surface area contributed by atoms with E-state index in [9.17, 15) is 15.0 Å². The second-order valence-electron chi connectivity index (χ2n) is 6.28. The van der Waals surface area contributed by atoms with Gasteiger partial charge >= 0.3 is 0 Å². The molecule has 0 aliphatic heterocycles. The molecule has 0 aromatic heterocycles. The van der Waals surface area contributed by atoms with Crippen molar-refractivity contribution in [2.75, 3.05) is 6.54 Å². The van der Waals surface area contributed by atoms with Crippen LogP contribution in [0.4, 0.5) is 11.4 Å². The lowest BCUT2D eigenvalue weighted by molar-refractivity contribution is 0.0950. The molecule has 0 fully saturated rings. The monoisotopic (exact) mass is 397 g/mol. The largest absolute Gasteiger partial charge is 0.506 e. The fourth-order valence-electron chi connectivity index (χ4n) is 2.75. The number of unbranched alkanes of at least 4 members (excludes halogenated alkanes) is 1. The van der Waals surface area contributed by atoms with E-state index in [1.165, 1.54) is 18.2 Å². The maximum absolute atomic E-state index is 12.5. The number of hydrogen-bond donors (Lipinski definition) is 3. The zero-order chi connectivity index (χ0) is 20.1. The Kier molecular flexibility index (Phi) is 6.11. The summed E-state index contributed by atoms with van der Waals surface area (Å²) in [5.74, 6) is -0.734. The summed E-state index contributed by atoms with van der Waals surface area (Å²) < 4.78 is 0. The third-order valence-electron chi connectivity index (χ3n) is 4.25. The van der Waals surface area contributed by atoms with E-state index in [1.54, 1.807) is 18.2 Å². The molecule has 0 unspecified atom stereocenters. The van der Waals surface area contributed by atoms with Crippen LogP contribution in [0.3, 0.4) is 0 Å². The van der Waals surface area contributed by atoms with Gasteiger partial charge in [-0.2, -0.15) is 0 Å². The number of amides is 1. The van der Waals surface area contributed by atoms with Gasteiger partial charge in [0, 0.05) is 17.0 Å². The highest BCUT2D eigenvalue weighted by molar-refractivity contribution is 6.30. The average molecular weight is 398 g/mol. The molecule has 7 heteroatoms. The first kappa shape index (κ1) is 19.6. The number of hydrogen-bond acceptors (Lipinski definition) is 5. The number of aromatic hydroxyl groups is 2. The van der Waals surface area contributed by atoms with Crippen LogP contribution >= 0.6 is 11.6 Å². The highest BCUT2D eigenvalue weighted by Crippen LogP contribution is 2.40. The summed E-state index contributed by atoms with van der Waals surface area (Å²) in [5.41, 5.74) is 0.436. The molecule has 144 valence electrons. The van der Waals surface area contributed by atoms with Gasteiger partial charge in [-0.05, 0) is 36.1 Å². The molecule has 0 atom stereocenters. The fraction of sp³-hybridized carbons (Fsp3) is 0.190. The molecule has 0 aliphatic carbocycles. The molecular formula is C21H20ClN3O3. The van der Waals surface area contributed by atoms with Crippen LogP contribution in [-0.2, 0) is 0 Å². The Morgan fingerprint density at radius 2 is 1.89 bits per heavy atom. The molecule has 3 N–H and O–H groups in total. The zero-order valence-electron chi connectivity index (χ0n) is 15.3. The number of phenolic OH excluding ortho intramolecular Hbond substituents is 2. The zero-order valence-corrected chi connectivity index (χ0v) is 16.1. The lowest BCUT2D eigenvalue weighted by Gasteiger charge is -2.11. The van der Waals surface area contributed by atoms with Crippen molar-refractivity contribution in [3.05, 3.63) is 59.1 Å². The van der Waals surface area contributed by atoms with Crippen LogP contribution < -0.4 is 5.32 Å². The number of benzene rings is 3. The topological polar surface area (TPSA) is 94.3 Å². The van der Waals surface area contributed by atoms with Gasteiger partial charge in [-0.1, -0.05) is 49.2 Å². The Labute approximate surface area is 167 Å². The summed E-state index contributed by atoms with van der Waals surface area (Å²) in [5, 5.41) is 33.3. The Balaban J connectivity index is 2.07. The van der Waals surface area contributed by atoms with E-state index in [0.717, 1.165) is 18.2 Å². The van der Waals surface area contributed by atoms with Gasteiger partial charge in [-0.25, -0.2) is 0 Å². The van der Waals surface area contributed by atoms with E-state index < -0.39 is 0 Å². The van der Waals surface area contributed by atoms with Gasteiger partial charge in [-0.3, -0.25) is 4.79 Å². The van der Waals surface area contributed by atoms with Crippen LogP contribution in [0.5, 0.6) is 11.5 Å². The Morgan fingerprint density at radius 1 is 1.11 bits per heavy atom. The average Bonchev–Trinajstić information content (AvgIpc) is 2.69. The number of nitrogens with zero attached hydrogens (tertiary/aromatic N) is 2. The molecule has 6 nitrogen and oxygen atoms in total. The third-order valence-corrected chi connectivity index (χ3v) is 4.49. The van der Waals surface area contributed by atoms with E-state index in [4.69, 9.17) is 11.6 Å². The van der Waals surface area contributed by atoms with Gasteiger partial charge in [0.1, 0.15) is 17.1 Å². The number of fused-ring (bicyclic) bond motifs is 1. The predicted octanol–water partition coefficient (Wildman–Crippen LogP) is 5.85. The van der Waals surface area contributed by atoms with E-state index >= 15 is 0 Å². The quantitative estimate of drug-likeness (QED) is 0.359. The number of carbonyl (C=O) groups excluding carboxylic acids is 1. The first-order valence-electron chi connectivity index (χ1n) is 8.94. The first-order valence-corrected chi connectivity index (χ1v) is 9.32. The molecule has 0 spiro atoms. The molecule has 0 bridgehead atoms. The third kappa shape index (κ3) is 4.23. The first-order chi connectivity index (χ1) is 13.5. The number of nitrogens with one attached hydrogen (secondary N) is 1. The molecule has 0 heterocycles. The predicted molar refractivity (Wildman–Crippen MR) is 110 cm³/mol. The smallest absolute Gasteiger partial charge is 0.255 e. The molecule has 3 aromatic carbocycles. The molecule has 1 amide bonds. The number of azo groups is 1. The second kappa shape index (κ2) is 8.71. The summed E-state index contributed by atoms with van der Waals surface area (Å²) in [4.78, 5) is 12.5. The van der Waals surface area contributed by atoms with Gasteiger partial charge in [0.05, 0.1) is 5.56 Å². The minimum absolute atomic E-state index is 0.0922. The second-order valence-corrected chi connectivity index (χ2v) is 6.72. The molecular weight excluding hydrogens is 378 g/mol. The minimum Gasteiger partial charge on any atom is -0.506 e. The van der Waals surface area contributed by atoms with Crippen molar-refractivity contribution in [2.24, 2.45) is 10.2 Å². The SMILES string of the molecule is CCCCNC(=O)c1cc2ccccc2c(N=Nc2cc(Cl)ccc2O)c1O. The van der Waals surface area contributed by atoms with Crippen LogP contribution in [0, 0.1) is 0 Å². The lowest BCUT2D eigenvalue weighted by Crippen LogP contribution is -2.24. The van der Waals surface area contributed by atoms with E-state index in [-0.39, 0.29) is 34.3 Å². The van der Waals surface area contributed by atoms with Gasteiger partial charge in [-0.15, -0.1) is 10.2 Å². The highest BCUT2D eigenvalue weighted by atomic mass is 35.5.